The van der Waals surface area contributed by atoms with E-state index in [2.05, 4.69) is 52.1 Å². The summed E-state index contributed by atoms with van der Waals surface area (Å²) in [6, 6.07) is 5.03. The molecule has 2 heteroatoms. The van der Waals surface area contributed by atoms with E-state index in [0.29, 0.717) is 6.04 Å². The van der Waals surface area contributed by atoms with Gasteiger partial charge in [-0.1, -0.05) is 26.0 Å². The van der Waals surface area contributed by atoms with Gasteiger partial charge in [-0.25, -0.2) is 0 Å². The molecule has 1 aromatic rings. The first kappa shape index (κ1) is 16.2. The molecule has 1 atom stereocenters. The van der Waals surface area contributed by atoms with Crippen LogP contribution in [0, 0.1) is 20.8 Å². The van der Waals surface area contributed by atoms with Crippen molar-refractivity contribution < 1.29 is 4.74 Å². The predicted octanol–water partition coefficient (Wildman–Crippen LogP) is 4.08. The Morgan fingerprint density at radius 3 is 2.32 bits per heavy atom. The van der Waals surface area contributed by atoms with Crippen molar-refractivity contribution in [1.82, 2.24) is 5.32 Å². The molecule has 1 aromatic carbocycles. The molecule has 0 amide bonds. The maximum absolute atomic E-state index is 5.63. The Hall–Kier alpha value is -0.860. The van der Waals surface area contributed by atoms with Gasteiger partial charge in [-0.15, -0.1) is 0 Å². The van der Waals surface area contributed by atoms with E-state index < -0.39 is 0 Å². The van der Waals surface area contributed by atoms with E-state index >= 15 is 0 Å². The second kappa shape index (κ2) is 8.34. The van der Waals surface area contributed by atoms with Gasteiger partial charge in [0.05, 0.1) is 0 Å². The minimum Gasteiger partial charge on any atom is -0.381 e. The summed E-state index contributed by atoms with van der Waals surface area (Å²) >= 11 is 0. The highest BCUT2D eigenvalue weighted by atomic mass is 16.5. The molecule has 0 saturated heterocycles. The molecule has 0 spiro atoms. The van der Waals surface area contributed by atoms with Crippen LogP contribution in [-0.4, -0.2) is 19.8 Å². The van der Waals surface area contributed by atoms with E-state index in [0.717, 1.165) is 32.6 Å². The van der Waals surface area contributed by atoms with Crippen LogP contribution in [-0.2, 0) is 4.74 Å². The Kier molecular flexibility index (Phi) is 7.11. The van der Waals surface area contributed by atoms with Crippen LogP contribution in [0.5, 0.6) is 0 Å². The molecule has 0 aliphatic carbocycles. The van der Waals surface area contributed by atoms with Gasteiger partial charge in [-0.2, -0.15) is 0 Å². The summed E-state index contributed by atoms with van der Waals surface area (Å²) in [6.07, 6.45) is 2.13. The molecule has 0 radical (unpaired) electrons. The van der Waals surface area contributed by atoms with Gasteiger partial charge >= 0.3 is 0 Å². The third-order valence-electron chi connectivity index (χ3n) is 3.61. The topological polar surface area (TPSA) is 21.3 Å². The van der Waals surface area contributed by atoms with Gasteiger partial charge in [-0.3, -0.25) is 0 Å². The van der Waals surface area contributed by atoms with Crippen molar-refractivity contribution >= 4 is 0 Å². The van der Waals surface area contributed by atoms with E-state index in [4.69, 9.17) is 4.74 Å². The van der Waals surface area contributed by atoms with Crippen molar-refractivity contribution in [3.05, 3.63) is 34.4 Å². The fourth-order valence-corrected chi connectivity index (χ4v) is 2.42. The number of benzene rings is 1. The molecule has 0 aliphatic heterocycles. The zero-order chi connectivity index (χ0) is 14.3. The highest BCUT2D eigenvalue weighted by molar-refractivity contribution is 5.38. The second-order valence-electron chi connectivity index (χ2n) is 5.30. The zero-order valence-electron chi connectivity index (χ0n) is 13.2. The van der Waals surface area contributed by atoms with Crippen LogP contribution in [0.1, 0.15) is 55.0 Å². The quantitative estimate of drug-likeness (QED) is 0.714. The molecule has 1 unspecified atom stereocenters. The average Bonchev–Trinajstić information content (AvgIpc) is 2.38. The van der Waals surface area contributed by atoms with Crippen LogP contribution in [0.3, 0.4) is 0 Å². The summed E-state index contributed by atoms with van der Waals surface area (Å²) in [5.41, 5.74) is 5.55. The standard InChI is InChI=1S/C17H29NO/c1-6-9-19-10-8-17(18-7-2)16-12-14(4)13(3)11-15(16)5/h11-12,17-18H,6-10H2,1-5H3. The minimum absolute atomic E-state index is 0.404. The Morgan fingerprint density at radius 2 is 1.68 bits per heavy atom. The van der Waals surface area contributed by atoms with Crippen molar-refractivity contribution in [1.29, 1.82) is 0 Å². The van der Waals surface area contributed by atoms with E-state index in [-0.39, 0.29) is 0 Å². The predicted molar refractivity (Wildman–Crippen MR) is 82.8 cm³/mol. The fourth-order valence-electron chi connectivity index (χ4n) is 2.42. The lowest BCUT2D eigenvalue weighted by Crippen LogP contribution is -2.23. The van der Waals surface area contributed by atoms with E-state index in [9.17, 15) is 0 Å². The maximum Gasteiger partial charge on any atom is 0.0484 e. The number of ether oxygens (including phenoxy) is 1. The van der Waals surface area contributed by atoms with Crippen molar-refractivity contribution in [3.63, 3.8) is 0 Å². The molecule has 0 saturated carbocycles. The van der Waals surface area contributed by atoms with Crippen molar-refractivity contribution in [2.75, 3.05) is 19.8 Å². The lowest BCUT2D eigenvalue weighted by molar-refractivity contribution is 0.124. The molecule has 19 heavy (non-hydrogen) atoms. The third-order valence-corrected chi connectivity index (χ3v) is 3.61. The smallest absolute Gasteiger partial charge is 0.0484 e. The summed E-state index contributed by atoms with van der Waals surface area (Å²) < 4.78 is 5.63. The first-order valence-electron chi connectivity index (χ1n) is 7.49. The van der Waals surface area contributed by atoms with Gasteiger partial charge in [0.15, 0.2) is 0 Å². The molecule has 0 fully saturated rings. The van der Waals surface area contributed by atoms with Gasteiger partial charge in [-0.05, 0) is 62.4 Å². The normalized spacial score (nSPS) is 12.7. The van der Waals surface area contributed by atoms with Crippen LogP contribution >= 0.6 is 0 Å². The summed E-state index contributed by atoms with van der Waals surface area (Å²) in [5, 5.41) is 3.58. The van der Waals surface area contributed by atoms with Gasteiger partial charge in [0.1, 0.15) is 0 Å². The van der Waals surface area contributed by atoms with Crippen LogP contribution < -0.4 is 5.32 Å². The van der Waals surface area contributed by atoms with Gasteiger partial charge < -0.3 is 10.1 Å². The number of rotatable bonds is 8. The highest BCUT2D eigenvalue weighted by Crippen LogP contribution is 2.24. The Bertz CT molecular complexity index is 387. The fraction of sp³-hybridized carbons (Fsp3) is 0.647. The molecule has 0 aromatic heterocycles. The summed E-state index contributed by atoms with van der Waals surface area (Å²) in [7, 11) is 0. The molecule has 0 heterocycles. The molecule has 1 rings (SSSR count). The number of hydrogen-bond acceptors (Lipinski definition) is 2. The molecular weight excluding hydrogens is 234 g/mol. The SMILES string of the molecule is CCCOCCC(NCC)c1cc(C)c(C)cc1C. The number of aryl methyl sites for hydroxylation is 3. The van der Waals surface area contributed by atoms with Gasteiger partial charge in [0.25, 0.3) is 0 Å². The average molecular weight is 263 g/mol. The van der Waals surface area contributed by atoms with Crippen molar-refractivity contribution in [2.24, 2.45) is 0 Å². The Morgan fingerprint density at radius 1 is 1.00 bits per heavy atom. The Balaban J connectivity index is 2.77. The van der Waals surface area contributed by atoms with Crippen LogP contribution in [0.25, 0.3) is 0 Å². The van der Waals surface area contributed by atoms with Crippen molar-refractivity contribution in [3.8, 4) is 0 Å². The second-order valence-corrected chi connectivity index (χ2v) is 5.30. The molecule has 0 bridgehead atoms. The van der Waals surface area contributed by atoms with E-state index in [1.165, 1.54) is 22.3 Å². The van der Waals surface area contributed by atoms with E-state index in [1.807, 2.05) is 0 Å². The van der Waals surface area contributed by atoms with Crippen molar-refractivity contribution in [2.45, 2.75) is 53.5 Å². The first-order valence-corrected chi connectivity index (χ1v) is 7.49. The first-order chi connectivity index (χ1) is 9.10. The third kappa shape index (κ3) is 4.96. The lowest BCUT2D eigenvalue weighted by atomic mass is 9.94. The lowest BCUT2D eigenvalue weighted by Gasteiger charge is -2.21. The summed E-state index contributed by atoms with van der Waals surface area (Å²) in [6.45, 7) is 13.6. The van der Waals surface area contributed by atoms with Crippen LogP contribution in [0.2, 0.25) is 0 Å². The molecule has 2 nitrogen and oxygen atoms in total. The number of nitrogens with one attached hydrogen (secondary N) is 1. The maximum atomic E-state index is 5.63. The largest absolute Gasteiger partial charge is 0.381 e. The van der Waals surface area contributed by atoms with E-state index in [1.54, 1.807) is 0 Å². The molecule has 0 aliphatic rings. The Labute approximate surface area is 118 Å². The minimum atomic E-state index is 0.404. The molecule has 108 valence electrons. The van der Waals surface area contributed by atoms with Crippen LogP contribution in [0.4, 0.5) is 0 Å². The summed E-state index contributed by atoms with van der Waals surface area (Å²) in [4.78, 5) is 0. The zero-order valence-corrected chi connectivity index (χ0v) is 13.2. The highest BCUT2D eigenvalue weighted by Gasteiger charge is 2.13. The van der Waals surface area contributed by atoms with Gasteiger partial charge in [0, 0.05) is 19.3 Å². The molecular formula is C17H29NO. The molecule has 1 N–H and O–H groups in total. The van der Waals surface area contributed by atoms with Gasteiger partial charge in [0.2, 0.25) is 0 Å². The number of hydrogen-bond donors (Lipinski definition) is 1. The van der Waals surface area contributed by atoms with Crippen LogP contribution in [0.15, 0.2) is 12.1 Å². The monoisotopic (exact) mass is 263 g/mol. The summed E-state index contributed by atoms with van der Waals surface area (Å²) in [5.74, 6) is 0.